The van der Waals surface area contributed by atoms with Gasteiger partial charge in [0.25, 0.3) is 0 Å². The van der Waals surface area contributed by atoms with E-state index in [1.807, 2.05) is 0 Å². The van der Waals surface area contributed by atoms with Crippen LogP contribution in [0.5, 0.6) is 0 Å². The molecule has 3 rings (SSSR count). The first-order valence-electron chi connectivity index (χ1n) is 12.7. The summed E-state index contributed by atoms with van der Waals surface area (Å²) in [5.74, 6) is 0. The summed E-state index contributed by atoms with van der Waals surface area (Å²) in [5, 5.41) is 0. The fraction of sp³-hybridized carbons (Fsp3) is 0.586. The Bertz CT molecular complexity index is 647. The fourth-order valence-electron chi connectivity index (χ4n) is 5.35. The quantitative estimate of drug-likeness (QED) is 0.211. The Morgan fingerprint density at radius 3 is 1.67 bits per heavy atom. The number of hydrogen-bond donors (Lipinski definition) is 0. The van der Waals surface area contributed by atoms with Gasteiger partial charge in [0, 0.05) is 5.69 Å². The molecular formula is C29H43N. The van der Waals surface area contributed by atoms with Crippen LogP contribution in [0.4, 0.5) is 5.69 Å². The number of hydrogen-bond acceptors (Lipinski definition) is 1. The first kappa shape index (κ1) is 22.9. The van der Waals surface area contributed by atoms with Crippen molar-refractivity contribution in [2.75, 3.05) is 4.90 Å². The largest absolute Gasteiger partial charge is 0.354 e. The number of benzene rings is 2. The van der Waals surface area contributed by atoms with Gasteiger partial charge < -0.3 is 4.90 Å². The molecule has 2 atom stereocenters. The number of nitrogens with zero attached hydrogens (tertiary/aromatic N) is 1. The third-order valence-electron chi connectivity index (χ3n) is 7.01. The monoisotopic (exact) mass is 405 g/mol. The Labute approximate surface area is 185 Å². The number of unbranched alkanes of at least 4 members (excludes halogenated alkanes) is 9. The van der Waals surface area contributed by atoms with Crippen LogP contribution in [0, 0.1) is 0 Å². The van der Waals surface area contributed by atoms with Crippen molar-refractivity contribution in [1.29, 1.82) is 0 Å². The highest BCUT2D eigenvalue weighted by molar-refractivity contribution is 5.63. The fourth-order valence-corrected chi connectivity index (χ4v) is 5.35. The highest BCUT2D eigenvalue weighted by atomic mass is 15.4. The SMILES string of the molecule is CCCCCCCCCC[C@@]1(CCCCC)[C@@H](c2ccccc2)N1c1ccccc1. The van der Waals surface area contributed by atoms with E-state index in [0.29, 0.717) is 11.6 Å². The third kappa shape index (κ3) is 5.90. The van der Waals surface area contributed by atoms with Gasteiger partial charge in [0.05, 0.1) is 11.6 Å². The van der Waals surface area contributed by atoms with Gasteiger partial charge in [-0.3, -0.25) is 0 Å². The molecule has 1 heterocycles. The Kier molecular flexibility index (Phi) is 9.30. The van der Waals surface area contributed by atoms with Crippen molar-refractivity contribution in [3.05, 3.63) is 66.2 Å². The summed E-state index contributed by atoms with van der Waals surface area (Å²) in [7, 11) is 0. The lowest BCUT2D eigenvalue weighted by molar-refractivity contribution is 0.458. The molecule has 1 aliphatic rings. The molecule has 0 aromatic heterocycles. The maximum atomic E-state index is 2.75. The van der Waals surface area contributed by atoms with Gasteiger partial charge in [-0.2, -0.15) is 0 Å². The molecule has 0 N–H and O–H groups in total. The minimum absolute atomic E-state index is 0.320. The maximum absolute atomic E-state index is 2.75. The molecule has 164 valence electrons. The molecular weight excluding hydrogens is 362 g/mol. The molecule has 0 unspecified atom stereocenters. The number of anilines is 1. The summed E-state index contributed by atoms with van der Waals surface area (Å²) in [6.07, 6.45) is 17.9. The summed E-state index contributed by atoms with van der Waals surface area (Å²) >= 11 is 0. The zero-order valence-corrected chi connectivity index (χ0v) is 19.5. The van der Waals surface area contributed by atoms with Crippen molar-refractivity contribution in [2.24, 2.45) is 0 Å². The van der Waals surface area contributed by atoms with Crippen LogP contribution in [0.3, 0.4) is 0 Å². The van der Waals surface area contributed by atoms with Crippen molar-refractivity contribution in [2.45, 2.75) is 109 Å². The molecule has 2 aromatic rings. The second-order valence-electron chi connectivity index (χ2n) is 9.30. The molecule has 30 heavy (non-hydrogen) atoms. The molecule has 0 aliphatic carbocycles. The zero-order valence-electron chi connectivity index (χ0n) is 19.5. The highest BCUT2D eigenvalue weighted by Crippen LogP contribution is 2.60. The van der Waals surface area contributed by atoms with Gasteiger partial charge in [-0.05, 0) is 30.5 Å². The van der Waals surface area contributed by atoms with E-state index < -0.39 is 0 Å². The van der Waals surface area contributed by atoms with E-state index in [1.165, 1.54) is 94.7 Å². The van der Waals surface area contributed by atoms with Gasteiger partial charge in [-0.25, -0.2) is 0 Å². The standard InChI is InChI=1S/C29H43N/c1-3-5-7-8-9-10-11-19-25-29(24-18-6-4-2)28(26-20-14-12-15-21-26)30(29)27-22-16-13-17-23-27/h12-17,20-23,28H,3-11,18-19,24-25H2,1-2H3/t28-,29+,30?/m1/s1. The van der Waals surface area contributed by atoms with Gasteiger partial charge in [0.15, 0.2) is 0 Å². The minimum atomic E-state index is 0.320. The Morgan fingerprint density at radius 1 is 0.600 bits per heavy atom. The topological polar surface area (TPSA) is 3.01 Å². The first-order valence-corrected chi connectivity index (χ1v) is 12.7. The average molecular weight is 406 g/mol. The first-order chi connectivity index (χ1) is 14.8. The molecule has 0 amide bonds. The lowest BCUT2D eigenvalue weighted by Crippen LogP contribution is -2.19. The number of para-hydroxylation sites is 1. The molecule has 1 fully saturated rings. The van der Waals surface area contributed by atoms with Crippen LogP contribution in [-0.2, 0) is 0 Å². The van der Waals surface area contributed by atoms with E-state index in [1.54, 1.807) is 0 Å². The van der Waals surface area contributed by atoms with Crippen molar-refractivity contribution in [3.63, 3.8) is 0 Å². The van der Waals surface area contributed by atoms with Gasteiger partial charge in [0.1, 0.15) is 0 Å². The zero-order chi connectivity index (χ0) is 21.1. The summed E-state index contributed by atoms with van der Waals surface area (Å²) in [5.41, 5.74) is 3.22. The molecule has 0 bridgehead atoms. The summed E-state index contributed by atoms with van der Waals surface area (Å²) in [6.45, 7) is 4.62. The van der Waals surface area contributed by atoms with E-state index in [0.717, 1.165) is 0 Å². The van der Waals surface area contributed by atoms with E-state index >= 15 is 0 Å². The second-order valence-corrected chi connectivity index (χ2v) is 9.30. The lowest BCUT2D eigenvalue weighted by Gasteiger charge is -2.19. The molecule has 1 nitrogen and oxygen atoms in total. The number of rotatable bonds is 15. The van der Waals surface area contributed by atoms with E-state index in [2.05, 4.69) is 79.4 Å². The Hall–Kier alpha value is -1.76. The Morgan fingerprint density at radius 2 is 1.07 bits per heavy atom. The molecule has 0 spiro atoms. The van der Waals surface area contributed by atoms with Crippen LogP contribution in [0.15, 0.2) is 60.7 Å². The van der Waals surface area contributed by atoms with Gasteiger partial charge in [0.2, 0.25) is 0 Å². The van der Waals surface area contributed by atoms with Crippen LogP contribution in [0.1, 0.15) is 109 Å². The average Bonchev–Trinajstić information content (AvgIpc) is 3.45. The van der Waals surface area contributed by atoms with Crippen molar-refractivity contribution in [3.8, 4) is 0 Å². The molecule has 2 aromatic carbocycles. The van der Waals surface area contributed by atoms with Crippen LogP contribution in [0.25, 0.3) is 0 Å². The lowest BCUT2D eigenvalue weighted by atomic mass is 9.88. The smallest absolute Gasteiger partial charge is 0.0781 e. The van der Waals surface area contributed by atoms with Crippen molar-refractivity contribution in [1.82, 2.24) is 0 Å². The van der Waals surface area contributed by atoms with Gasteiger partial charge >= 0.3 is 0 Å². The van der Waals surface area contributed by atoms with Crippen LogP contribution in [0.2, 0.25) is 0 Å². The Balaban J connectivity index is 1.67. The minimum Gasteiger partial charge on any atom is -0.354 e. The maximum Gasteiger partial charge on any atom is 0.0781 e. The van der Waals surface area contributed by atoms with Crippen LogP contribution < -0.4 is 4.90 Å². The van der Waals surface area contributed by atoms with Gasteiger partial charge in [-0.15, -0.1) is 0 Å². The summed E-state index contributed by atoms with van der Waals surface area (Å²) in [6, 6.07) is 23.0. The van der Waals surface area contributed by atoms with Gasteiger partial charge in [-0.1, -0.05) is 133 Å². The van der Waals surface area contributed by atoms with E-state index in [-0.39, 0.29) is 0 Å². The predicted molar refractivity (Wildman–Crippen MR) is 132 cm³/mol. The molecule has 1 saturated heterocycles. The van der Waals surface area contributed by atoms with Crippen LogP contribution >= 0.6 is 0 Å². The molecule has 1 aliphatic heterocycles. The van der Waals surface area contributed by atoms with Crippen molar-refractivity contribution >= 4 is 5.69 Å². The molecule has 0 saturated carbocycles. The van der Waals surface area contributed by atoms with Crippen molar-refractivity contribution < 1.29 is 0 Å². The third-order valence-corrected chi connectivity index (χ3v) is 7.01. The summed E-state index contributed by atoms with van der Waals surface area (Å²) in [4.78, 5) is 2.75. The summed E-state index contributed by atoms with van der Waals surface area (Å²) < 4.78 is 0. The highest BCUT2D eigenvalue weighted by Gasteiger charge is 2.61. The molecule has 0 radical (unpaired) electrons. The van der Waals surface area contributed by atoms with Crippen LogP contribution in [-0.4, -0.2) is 5.54 Å². The van der Waals surface area contributed by atoms with E-state index in [9.17, 15) is 0 Å². The molecule has 1 heteroatoms. The predicted octanol–water partition coefficient (Wildman–Crippen LogP) is 9.10. The van der Waals surface area contributed by atoms with E-state index in [4.69, 9.17) is 0 Å². The second kappa shape index (κ2) is 12.2. The normalized spacial score (nSPS) is 20.5.